The molecule has 0 aliphatic carbocycles. The zero-order valence-electron chi connectivity index (χ0n) is 15.5. The molecule has 1 N–H and O–H groups in total. The lowest BCUT2D eigenvalue weighted by molar-refractivity contribution is -0.155. The summed E-state index contributed by atoms with van der Waals surface area (Å²) >= 11 is 0. The number of cyclic esters (lactones) is 2. The van der Waals surface area contributed by atoms with E-state index in [1.165, 1.54) is 0 Å². The Hall–Kier alpha value is -2.56. The molecule has 5 nitrogen and oxygen atoms in total. The van der Waals surface area contributed by atoms with Crippen LogP contribution >= 0.6 is 0 Å². The molecule has 3 heterocycles. The number of esters is 2. The SMILES string of the molecule is CC1(C)CC2=C(C(=O)O1)C(c1ccccc1)C1=C(CC(C)(C)OC1=O)N2. The molecule has 4 rings (SSSR count). The van der Waals surface area contributed by atoms with Crippen molar-refractivity contribution in [2.24, 2.45) is 0 Å². The van der Waals surface area contributed by atoms with E-state index in [1.54, 1.807) is 0 Å². The van der Waals surface area contributed by atoms with Crippen LogP contribution in [0, 0.1) is 0 Å². The summed E-state index contributed by atoms with van der Waals surface area (Å²) in [6.45, 7) is 7.60. The Balaban J connectivity index is 1.91. The first kappa shape index (κ1) is 16.9. The predicted octanol–water partition coefficient (Wildman–Crippen LogP) is 3.33. The average Bonchev–Trinajstić information content (AvgIpc) is 2.51. The van der Waals surface area contributed by atoms with Gasteiger partial charge in [-0.15, -0.1) is 0 Å². The number of hydrogen-bond acceptors (Lipinski definition) is 5. The van der Waals surface area contributed by atoms with Crippen molar-refractivity contribution in [1.29, 1.82) is 0 Å². The van der Waals surface area contributed by atoms with Crippen molar-refractivity contribution in [3.8, 4) is 0 Å². The van der Waals surface area contributed by atoms with Crippen LogP contribution in [0.25, 0.3) is 0 Å². The van der Waals surface area contributed by atoms with Crippen LogP contribution in [-0.4, -0.2) is 23.1 Å². The molecule has 0 fully saturated rings. The largest absolute Gasteiger partial charge is 0.456 e. The molecule has 0 saturated heterocycles. The second kappa shape index (κ2) is 5.47. The van der Waals surface area contributed by atoms with Crippen molar-refractivity contribution in [2.45, 2.75) is 57.7 Å². The Morgan fingerprint density at radius 2 is 1.31 bits per heavy atom. The highest BCUT2D eigenvalue weighted by Gasteiger charge is 2.48. The second-order valence-electron chi connectivity index (χ2n) is 8.41. The van der Waals surface area contributed by atoms with Crippen LogP contribution in [0.15, 0.2) is 52.9 Å². The van der Waals surface area contributed by atoms with E-state index in [0.29, 0.717) is 24.0 Å². The lowest BCUT2D eigenvalue weighted by Crippen LogP contribution is -2.47. The second-order valence-corrected chi connectivity index (χ2v) is 8.41. The molecule has 1 aromatic rings. The molecule has 3 aliphatic heterocycles. The number of hydrogen-bond donors (Lipinski definition) is 1. The van der Waals surface area contributed by atoms with Crippen LogP contribution in [0.2, 0.25) is 0 Å². The number of benzene rings is 1. The maximum absolute atomic E-state index is 12.8. The summed E-state index contributed by atoms with van der Waals surface area (Å²) in [5, 5.41) is 3.39. The molecule has 136 valence electrons. The van der Waals surface area contributed by atoms with Crippen LogP contribution in [-0.2, 0) is 19.1 Å². The third kappa shape index (κ3) is 2.71. The molecule has 1 aromatic carbocycles. The Morgan fingerprint density at radius 3 is 1.77 bits per heavy atom. The Morgan fingerprint density at radius 1 is 0.846 bits per heavy atom. The van der Waals surface area contributed by atoms with E-state index in [1.807, 2.05) is 58.0 Å². The van der Waals surface area contributed by atoms with Gasteiger partial charge in [0, 0.05) is 24.2 Å². The lowest BCUT2D eigenvalue weighted by Gasteiger charge is -2.43. The molecule has 0 unspecified atom stereocenters. The van der Waals surface area contributed by atoms with Gasteiger partial charge in [-0.05, 0) is 33.3 Å². The number of rotatable bonds is 1. The maximum atomic E-state index is 12.8. The summed E-state index contributed by atoms with van der Waals surface area (Å²) in [5.74, 6) is -1.21. The minimum atomic E-state index is -0.576. The Kier molecular flexibility index (Phi) is 3.55. The smallest absolute Gasteiger partial charge is 0.337 e. The Labute approximate surface area is 153 Å². The fourth-order valence-electron chi connectivity index (χ4n) is 4.08. The summed E-state index contributed by atoms with van der Waals surface area (Å²) in [6.07, 6.45) is 1.17. The van der Waals surface area contributed by atoms with Crippen molar-refractivity contribution in [3.05, 3.63) is 58.4 Å². The summed E-state index contributed by atoms with van der Waals surface area (Å²) in [5.41, 5.74) is 2.48. The highest BCUT2D eigenvalue weighted by molar-refractivity contribution is 6.01. The molecule has 0 amide bonds. The van der Waals surface area contributed by atoms with Gasteiger partial charge in [0.2, 0.25) is 0 Å². The van der Waals surface area contributed by atoms with E-state index < -0.39 is 17.1 Å². The summed E-state index contributed by atoms with van der Waals surface area (Å²) in [4.78, 5) is 25.7. The fraction of sp³-hybridized carbons (Fsp3) is 0.429. The molecular formula is C21H23NO4. The van der Waals surface area contributed by atoms with Gasteiger partial charge in [0.05, 0.1) is 17.1 Å². The van der Waals surface area contributed by atoms with Gasteiger partial charge in [-0.3, -0.25) is 0 Å². The van der Waals surface area contributed by atoms with E-state index in [2.05, 4.69) is 5.32 Å². The minimum absolute atomic E-state index is 0.373. The number of dihydropyridines is 1. The van der Waals surface area contributed by atoms with Gasteiger partial charge in [0.1, 0.15) is 11.2 Å². The fourth-order valence-corrected chi connectivity index (χ4v) is 4.08. The quantitative estimate of drug-likeness (QED) is 0.785. The molecule has 3 aliphatic rings. The van der Waals surface area contributed by atoms with Gasteiger partial charge in [0.15, 0.2) is 0 Å². The number of ether oxygens (including phenoxy) is 2. The first-order valence-electron chi connectivity index (χ1n) is 8.92. The zero-order valence-corrected chi connectivity index (χ0v) is 15.5. The van der Waals surface area contributed by atoms with E-state index in [4.69, 9.17) is 9.47 Å². The molecule has 0 spiro atoms. The number of carbonyl (C=O) groups is 2. The molecule has 26 heavy (non-hydrogen) atoms. The third-order valence-electron chi connectivity index (χ3n) is 5.05. The Bertz CT molecular complexity index is 809. The van der Waals surface area contributed by atoms with Gasteiger partial charge in [-0.25, -0.2) is 9.59 Å². The highest BCUT2D eigenvalue weighted by Crippen LogP contribution is 2.47. The minimum Gasteiger partial charge on any atom is -0.456 e. The maximum Gasteiger partial charge on any atom is 0.337 e. The van der Waals surface area contributed by atoms with Crippen LogP contribution in [0.4, 0.5) is 0 Å². The molecule has 0 bridgehead atoms. The summed E-state index contributed by atoms with van der Waals surface area (Å²) < 4.78 is 11.3. The van der Waals surface area contributed by atoms with Crippen molar-refractivity contribution in [3.63, 3.8) is 0 Å². The van der Waals surface area contributed by atoms with Crippen LogP contribution in [0.5, 0.6) is 0 Å². The molecule has 5 heteroatoms. The molecule has 0 radical (unpaired) electrons. The van der Waals surface area contributed by atoms with Crippen molar-refractivity contribution < 1.29 is 19.1 Å². The number of nitrogens with one attached hydrogen (secondary N) is 1. The number of carbonyl (C=O) groups excluding carboxylic acids is 2. The van der Waals surface area contributed by atoms with Gasteiger partial charge >= 0.3 is 11.9 Å². The van der Waals surface area contributed by atoms with E-state index in [-0.39, 0.29) is 11.9 Å². The van der Waals surface area contributed by atoms with Gasteiger partial charge in [-0.2, -0.15) is 0 Å². The zero-order chi connectivity index (χ0) is 18.7. The third-order valence-corrected chi connectivity index (χ3v) is 5.05. The highest BCUT2D eigenvalue weighted by atomic mass is 16.6. The van der Waals surface area contributed by atoms with E-state index in [9.17, 15) is 9.59 Å². The monoisotopic (exact) mass is 353 g/mol. The van der Waals surface area contributed by atoms with Gasteiger partial charge < -0.3 is 14.8 Å². The average molecular weight is 353 g/mol. The van der Waals surface area contributed by atoms with Crippen LogP contribution < -0.4 is 5.32 Å². The molecule has 0 atom stereocenters. The van der Waals surface area contributed by atoms with E-state index >= 15 is 0 Å². The molecular weight excluding hydrogens is 330 g/mol. The standard InChI is InChI=1S/C21H23NO4/c1-20(2)10-13-16(18(23)25-20)15(12-8-6-5-7-9-12)17-14(22-13)11-21(3,4)26-19(17)24/h5-9,15,22H,10-11H2,1-4H3. The van der Waals surface area contributed by atoms with Crippen molar-refractivity contribution >= 4 is 11.9 Å². The summed E-state index contributed by atoms with van der Waals surface area (Å²) in [6, 6.07) is 9.61. The predicted molar refractivity (Wildman–Crippen MR) is 95.9 cm³/mol. The van der Waals surface area contributed by atoms with Crippen LogP contribution in [0.1, 0.15) is 52.0 Å². The first-order valence-corrected chi connectivity index (χ1v) is 8.92. The van der Waals surface area contributed by atoms with Crippen LogP contribution in [0.3, 0.4) is 0 Å². The van der Waals surface area contributed by atoms with Gasteiger partial charge in [0.25, 0.3) is 0 Å². The molecule has 0 aromatic heterocycles. The van der Waals surface area contributed by atoms with Gasteiger partial charge in [-0.1, -0.05) is 30.3 Å². The van der Waals surface area contributed by atoms with Crippen molar-refractivity contribution in [1.82, 2.24) is 5.32 Å². The first-order chi connectivity index (χ1) is 12.2. The lowest BCUT2D eigenvalue weighted by atomic mass is 9.75. The van der Waals surface area contributed by atoms with E-state index in [0.717, 1.165) is 17.0 Å². The normalized spacial score (nSPS) is 24.3. The van der Waals surface area contributed by atoms with Crippen molar-refractivity contribution in [2.75, 3.05) is 0 Å². The summed E-state index contributed by atoms with van der Waals surface area (Å²) in [7, 11) is 0. The molecule has 0 saturated carbocycles. The topological polar surface area (TPSA) is 64.6 Å².